The van der Waals surface area contributed by atoms with Gasteiger partial charge >= 0.3 is 5.97 Å². The second-order valence-electron chi connectivity index (χ2n) is 9.53. The molecule has 28 heavy (non-hydrogen) atoms. The standard InChI is InChI=1S/C23H31NO4/c1-16(7-8-17-5-3-2-4-6-17)24-20(25)14-28-21(26)22-10-18-9-19(11-22)13-23(27,12-18)15-22/h2-6,16,18-19,27H,7-15H2,1H3,(H,24,25)/t16-,18-,19+,22?,23?/m0/s1. The summed E-state index contributed by atoms with van der Waals surface area (Å²) in [6.07, 6.45) is 6.60. The molecule has 2 unspecified atom stereocenters. The van der Waals surface area contributed by atoms with E-state index in [2.05, 4.69) is 17.4 Å². The first-order valence-electron chi connectivity index (χ1n) is 10.6. The maximum atomic E-state index is 12.8. The number of aliphatic hydroxyl groups is 1. The Morgan fingerprint density at radius 3 is 2.50 bits per heavy atom. The van der Waals surface area contributed by atoms with Crippen LogP contribution in [0.3, 0.4) is 0 Å². The number of benzene rings is 1. The Bertz CT molecular complexity index is 717. The second-order valence-corrected chi connectivity index (χ2v) is 9.53. The fraction of sp³-hybridized carbons (Fsp3) is 0.652. The molecule has 0 aliphatic heterocycles. The fourth-order valence-electron chi connectivity index (χ4n) is 6.15. The lowest BCUT2D eigenvalue weighted by molar-refractivity contribution is -0.196. The summed E-state index contributed by atoms with van der Waals surface area (Å²) in [5.74, 6) is 0.306. The molecule has 4 bridgehead atoms. The topological polar surface area (TPSA) is 75.6 Å². The van der Waals surface area contributed by atoms with Crippen LogP contribution >= 0.6 is 0 Å². The van der Waals surface area contributed by atoms with Gasteiger partial charge in [-0.25, -0.2) is 0 Å². The molecule has 4 saturated carbocycles. The molecular weight excluding hydrogens is 354 g/mol. The Morgan fingerprint density at radius 2 is 1.86 bits per heavy atom. The molecule has 5 nitrogen and oxygen atoms in total. The molecule has 0 heterocycles. The molecule has 5 rings (SSSR count). The first kappa shape index (κ1) is 19.4. The maximum absolute atomic E-state index is 12.8. The largest absolute Gasteiger partial charge is 0.455 e. The predicted molar refractivity (Wildman–Crippen MR) is 105 cm³/mol. The van der Waals surface area contributed by atoms with Crippen molar-refractivity contribution in [3.63, 3.8) is 0 Å². The molecule has 0 radical (unpaired) electrons. The summed E-state index contributed by atoms with van der Waals surface area (Å²) in [5.41, 5.74) is -0.0233. The first-order valence-corrected chi connectivity index (χ1v) is 10.6. The molecule has 152 valence electrons. The third-order valence-electron chi connectivity index (χ3n) is 6.91. The number of esters is 1. The summed E-state index contributed by atoms with van der Waals surface area (Å²) in [5, 5.41) is 13.7. The number of amides is 1. The number of aryl methyl sites for hydroxylation is 1. The maximum Gasteiger partial charge on any atom is 0.312 e. The molecular formula is C23H31NO4. The number of hydrogen-bond acceptors (Lipinski definition) is 4. The average Bonchev–Trinajstić information content (AvgIpc) is 2.63. The minimum atomic E-state index is -0.697. The van der Waals surface area contributed by atoms with E-state index in [1.807, 2.05) is 25.1 Å². The Balaban J connectivity index is 1.24. The van der Waals surface area contributed by atoms with E-state index in [-0.39, 0.29) is 24.5 Å². The molecule has 4 aliphatic rings. The van der Waals surface area contributed by atoms with Crippen LogP contribution in [0.15, 0.2) is 30.3 Å². The summed E-state index contributed by atoms with van der Waals surface area (Å²) in [6.45, 7) is 1.74. The van der Waals surface area contributed by atoms with Crippen LogP contribution in [-0.2, 0) is 20.7 Å². The fourth-order valence-corrected chi connectivity index (χ4v) is 6.15. The van der Waals surface area contributed by atoms with Crippen molar-refractivity contribution >= 4 is 11.9 Å². The summed E-state index contributed by atoms with van der Waals surface area (Å²) < 4.78 is 5.44. The third kappa shape index (κ3) is 4.09. The van der Waals surface area contributed by atoms with Gasteiger partial charge in [0.2, 0.25) is 0 Å². The normalized spacial score (nSPS) is 34.1. The highest BCUT2D eigenvalue weighted by atomic mass is 16.5. The number of carbonyl (C=O) groups is 2. The van der Waals surface area contributed by atoms with Crippen LogP contribution in [0.1, 0.15) is 57.4 Å². The first-order chi connectivity index (χ1) is 13.4. The smallest absolute Gasteiger partial charge is 0.312 e. The van der Waals surface area contributed by atoms with Gasteiger partial charge in [-0.1, -0.05) is 30.3 Å². The van der Waals surface area contributed by atoms with Gasteiger partial charge in [0.1, 0.15) is 0 Å². The van der Waals surface area contributed by atoms with Gasteiger partial charge in [-0.15, -0.1) is 0 Å². The van der Waals surface area contributed by atoms with Gasteiger partial charge in [0.15, 0.2) is 6.61 Å². The van der Waals surface area contributed by atoms with E-state index < -0.39 is 11.0 Å². The van der Waals surface area contributed by atoms with Crippen molar-refractivity contribution < 1.29 is 19.4 Å². The van der Waals surface area contributed by atoms with Crippen molar-refractivity contribution in [1.29, 1.82) is 0 Å². The van der Waals surface area contributed by atoms with E-state index >= 15 is 0 Å². The van der Waals surface area contributed by atoms with E-state index in [4.69, 9.17) is 4.74 Å². The van der Waals surface area contributed by atoms with Crippen LogP contribution in [0, 0.1) is 17.3 Å². The third-order valence-corrected chi connectivity index (χ3v) is 6.91. The lowest BCUT2D eigenvalue weighted by atomic mass is 9.48. The minimum absolute atomic E-state index is 0.0201. The van der Waals surface area contributed by atoms with Crippen molar-refractivity contribution in [2.75, 3.05) is 6.61 Å². The van der Waals surface area contributed by atoms with E-state index in [1.54, 1.807) is 0 Å². The average molecular weight is 386 g/mol. The van der Waals surface area contributed by atoms with Crippen molar-refractivity contribution in [2.24, 2.45) is 17.3 Å². The summed E-state index contributed by atoms with van der Waals surface area (Å²) >= 11 is 0. The zero-order chi connectivity index (χ0) is 19.8. The predicted octanol–water partition coefficient (Wildman–Crippen LogP) is 3.00. The highest BCUT2D eigenvalue weighted by molar-refractivity contribution is 5.83. The van der Waals surface area contributed by atoms with Crippen LogP contribution in [-0.4, -0.2) is 35.2 Å². The van der Waals surface area contributed by atoms with Crippen LogP contribution in [0.2, 0.25) is 0 Å². The van der Waals surface area contributed by atoms with Gasteiger partial charge in [-0.3, -0.25) is 9.59 Å². The lowest BCUT2D eigenvalue weighted by Gasteiger charge is -2.58. The molecule has 4 aliphatic carbocycles. The van der Waals surface area contributed by atoms with E-state index in [0.29, 0.717) is 18.3 Å². The van der Waals surface area contributed by atoms with Crippen molar-refractivity contribution in [2.45, 2.75) is 69.9 Å². The molecule has 4 fully saturated rings. The number of ether oxygens (including phenoxy) is 1. The molecule has 1 amide bonds. The Hall–Kier alpha value is -1.88. The van der Waals surface area contributed by atoms with Crippen molar-refractivity contribution in [3.8, 4) is 0 Å². The minimum Gasteiger partial charge on any atom is -0.455 e. The van der Waals surface area contributed by atoms with Gasteiger partial charge in [0, 0.05) is 6.04 Å². The lowest BCUT2D eigenvalue weighted by Crippen LogP contribution is -2.58. The zero-order valence-corrected chi connectivity index (χ0v) is 16.7. The SMILES string of the molecule is C[C@@H](CCc1ccccc1)NC(=O)COC(=O)C12C[C@@H]3C[C@@H](CC(O)(C3)C1)C2. The summed E-state index contributed by atoms with van der Waals surface area (Å²) in [4.78, 5) is 25.0. The van der Waals surface area contributed by atoms with Gasteiger partial charge in [-0.05, 0) is 75.7 Å². The number of carbonyl (C=O) groups excluding carboxylic acids is 2. The number of nitrogens with one attached hydrogen (secondary N) is 1. The molecule has 5 atom stereocenters. The molecule has 1 aromatic rings. The van der Waals surface area contributed by atoms with Gasteiger partial charge in [0.25, 0.3) is 5.91 Å². The van der Waals surface area contributed by atoms with E-state index in [9.17, 15) is 14.7 Å². The van der Waals surface area contributed by atoms with Crippen molar-refractivity contribution in [3.05, 3.63) is 35.9 Å². The van der Waals surface area contributed by atoms with Crippen LogP contribution in [0.25, 0.3) is 0 Å². The molecule has 5 heteroatoms. The number of rotatable bonds is 7. The quantitative estimate of drug-likeness (QED) is 0.708. The molecule has 1 aromatic carbocycles. The Morgan fingerprint density at radius 1 is 1.18 bits per heavy atom. The monoisotopic (exact) mass is 385 g/mol. The molecule has 2 N–H and O–H groups in total. The number of hydrogen-bond donors (Lipinski definition) is 2. The van der Waals surface area contributed by atoms with Crippen LogP contribution in [0.4, 0.5) is 0 Å². The Kier molecular flexibility index (Phi) is 5.21. The van der Waals surface area contributed by atoms with Crippen LogP contribution in [0.5, 0.6) is 0 Å². The van der Waals surface area contributed by atoms with E-state index in [0.717, 1.165) is 44.9 Å². The Labute approximate surface area is 166 Å². The molecule has 0 aromatic heterocycles. The molecule has 0 spiro atoms. The van der Waals surface area contributed by atoms with Gasteiger partial charge in [-0.2, -0.15) is 0 Å². The van der Waals surface area contributed by atoms with Gasteiger partial charge < -0.3 is 15.2 Å². The van der Waals surface area contributed by atoms with Crippen LogP contribution < -0.4 is 5.32 Å². The zero-order valence-electron chi connectivity index (χ0n) is 16.7. The highest BCUT2D eigenvalue weighted by Gasteiger charge is 2.60. The summed E-state index contributed by atoms with van der Waals surface area (Å²) in [7, 11) is 0. The molecule has 0 saturated heterocycles. The van der Waals surface area contributed by atoms with Gasteiger partial charge in [0.05, 0.1) is 11.0 Å². The second kappa shape index (κ2) is 7.51. The highest BCUT2D eigenvalue weighted by Crippen LogP contribution is 2.61. The summed E-state index contributed by atoms with van der Waals surface area (Å²) in [6, 6.07) is 10.2. The van der Waals surface area contributed by atoms with E-state index in [1.165, 1.54) is 5.56 Å². The van der Waals surface area contributed by atoms with Crippen molar-refractivity contribution in [1.82, 2.24) is 5.32 Å².